The zero-order valence-corrected chi connectivity index (χ0v) is 9.30. The van der Waals surface area contributed by atoms with E-state index in [1.165, 1.54) is 6.20 Å². The molecule has 3 rings (SSSR count). The van der Waals surface area contributed by atoms with Gasteiger partial charge in [-0.25, -0.2) is 0 Å². The van der Waals surface area contributed by atoms with E-state index in [0.29, 0.717) is 12.1 Å². The number of rotatable bonds is 1. The third-order valence-corrected chi connectivity index (χ3v) is 3.07. The van der Waals surface area contributed by atoms with Gasteiger partial charge in [0, 0.05) is 18.7 Å². The lowest BCUT2D eigenvalue weighted by molar-refractivity contribution is -0.140. The first-order valence-electron chi connectivity index (χ1n) is 5.49. The quantitative estimate of drug-likeness (QED) is 0.820. The Kier molecular flexibility index (Phi) is 2.41. The highest BCUT2D eigenvalue weighted by molar-refractivity contribution is 5.67. The first-order chi connectivity index (χ1) is 8.55. The molecule has 0 amide bonds. The molecule has 2 heterocycles. The van der Waals surface area contributed by atoms with E-state index in [4.69, 9.17) is 0 Å². The van der Waals surface area contributed by atoms with Crippen molar-refractivity contribution >= 4 is 0 Å². The van der Waals surface area contributed by atoms with Crippen LogP contribution >= 0.6 is 0 Å². The molecule has 3 nitrogen and oxygen atoms in total. The highest BCUT2D eigenvalue weighted by Gasteiger charge is 2.36. The first kappa shape index (κ1) is 11.3. The van der Waals surface area contributed by atoms with E-state index >= 15 is 0 Å². The fraction of sp³-hybridized carbons (Fsp3) is 0.250. The van der Waals surface area contributed by atoms with Crippen LogP contribution in [-0.2, 0) is 19.3 Å². The maximum atomic E-state index is 12.8. The molecule has 1 aliphatic heterocycles. The van der Waals surface area contributed by atoms with Crippen LogP contribution in [0.2, 0.25) is 0 Å². The van der Waals surface area contributed by atoms with E-state index in [0.717, 1.165) is 17.7 Å². The maximum Gasteiger partial charge on any atom is 0.433 e. The Hall–Kier alpha value is -1.82. The second-order valence-corrected chi connectivity index (χ2v) is 4.24. The van der Waals surface area contributed by atoms with Crippen LogP contribution in [0.3, 0.4) is 0 Å². The number of hydrogen-bond donors (Lipinski definition) is 2. The van der Waals surface area contributed by atoms with Crippen LogP contribution < -0.4 is 5.32 Å². The summed E-state index contributed by atoms with van der Waals surface area (Å²) in [5, 5.41) is 8.68. The summed E-state index contributed by atoms with van der Waals surface area (Å²) in [4.78, 5) is 0. The van der Waals surface area contributed by atoms with E-state index in [-0.39, 0.29) is 5.56 Å². The van der Waals surface area contributed by atoms with Crippen molar-refractivity contribution in [2.45, 2.75) is 19.3 Å². The predicted octanol–water partition coefficient (Wildman–Crippen LogP) is 2.70. The lowest BCUT2D eigenvalue weighted by Crippen LogP contribution is -2.07. The van der Waals surface area contributed by atoms with E-state index in [1.807, 2.05) is 11.2 Å². The van der Waals surface area contributed by atoms with Gasteiger partial charge in [-0.1, -0.05) is 12.1 Å². The molecule has 1 aromatic carbocycles. The van der Waals surface area contributed by atoms with E-state index < -0.39 is 11.9 Å². The van der Waals surface area contributed by atoms with Gasteiger partial charge < -0.3 is 5.32 Å². The molecule has 0 atom stereocenters. The number of H-pyrrole nitrogens is 1. The standard InChI is InChI=1S/C12H10F3N3/c13-12(14,15)11-10(6-17-18-11)7-1-2-8-4-16-5-9(8)3-7/h1-3,6,16H,4-5H2,(H,17,18). The first-order valence-corrected chi connectivity index (χ1v) is 5.49. The van der Waals surface area contributed by atoms with Gasteiger partial charge in [0.25, 0.3) is 0 Å². The smallest absolute Gasteiger partial charge is 0.309 e. The topological polar surface area (TPSA) is 40.7 Å². The third-order valence-electron chi connectivity index (χ3n) is 3.07. The summed E-state index contributed by atoms with van der Waals surface area (Å²) < 4.78 is 38.3. The Labute approximate surface area is 101 Å². The van der Waals surface area contributed by atoms with Gasteiger partial charge in [0.05, 0.1) is 6.20 Å². The number of hydrogen-bond acceptors (Lipinski definition) is 2. The molecule has 0 aliphatic carbocycles. The second-order valence-electron chi connectivity index (χ2n) is 4.24. The molecule has 0 spiro atoms. The molecule has 94 valence electrons. The van der Waals surface area contributed by atoms with Gasteiger partial charge in [0.15, 0.2) is 0 Å². The summed E-state index contributed by atoms with van der Waals surface area (Å²) in [7, 11) is 0. The Morgan fingerprint density at radius 3 is 2.67 bits per heavy atom. The van der Waals surface area contributed by atoms with Gasteiger partial charge in [-0.2, -0.15) is 18.3 Å². The highest BCUT2D eigenvalue weighted by atomic mass is 19.4. The second kappa shape index (κ2) is 3.84. The van der Waals surface area contributed by atoms with Crippen molar-refractivity contribution in [1.82, 2.24) is 15.5 Å². The van der Waals surface area contributed by atoms with Crippen molar-refractivity contribution in [3.63, 3.8) is 0 Å². The van der Waals surface area contributed by atoms with Gasteiger partial charge >= 0.3 is 6.18 Å². The van der Waals surface area contributed by atoms with Crippen molar-refractivity contribution in [3.05, 3.63) is 41.2 Å². The summed E-state index contributed by atoms with van der Waals surface area (Å²) in [6.07, 6.45) is -3.20. The van der Waals surface area contributed by atoms with Crippen LogP contribution in [0.15, 0.2) is 24.4 Å². The summed E-state index contributed by atoms with van der Waals surface area (Å²) >= 11 is 0. The molecule has 0 unspecified atom stereocenters. The van der Waals surface area contributed by atoms with Gasteiger partial charge in [-0.05, 0) is 22.8 Å². The largest absolute Gasteiger partial charge is 0.433 e. The number of fused-ring (bicyclic) bond motifs is 1. The van der Waals surface area contributed by atoms with Crippen molar-refractivity contribution in [1.29, 1.82) is 0 Å². The average Bonchev–Trinajstić information content (AvgIpc) is 2.96. The number of alkyl halides is 3. The Morgan fingerprint density at radius 2 is 1.89 bits per heavy atom. The third kappa shape index (κ3) is 1.78. The minimum absolute atomic E-state index is 0.0946. The molecular weight excluding hydrogens is 243 g/mol. The molecule has 2 N–H and O–H groups in total. The van der Waals surface area contributed by atoms with Crippen LogP contribution in [0.4, 0.5) is 13.2 Å². The lowest BCUT2D eigenvalue weighted by atomic mass is 10.0. The van der Waals surface area contributed by atoms with Crippen LogP contribution in [0.25, 0.3) is 11.1 Å². The molecule has 1 aliphatic rings. The predicted molar refractivity (Wildman–Crippen MR) is 59.6 cm³/mol. The molecule has 6 heteroatoms. The van der Waals surface area contributed by atoms with Crippen LogP contribution in [0, 0.1) is 0 Å². The summed E-state index contributed by atoms with van der Waals surface area (Å²) in [6, 6.07) is 5.35. The van der Waals surface area contributed by atoms with Gasteiger partial charge in [0.1, 0.15) is 5.69 Å². The number of halogens is 3. The van der Waals surface area contributed by atoms with Crippen LogP contribution in [-0.4, -0.2) is 10.2 Å². The minimum atomic E-state index is -4.41. The molecule has 1 aromatic heterocycles. The lowest BCUT2D eigenvalue weighted by Gasteiger charge is -2.08. The Balaban J connectivity index is 2.08. The monoisotopic (exact) mass is 253 g/mol. The highest BCUT2D eigenvalue weighted by Crippen LogP contribution is 2.36. The minimum Gasteiger partial charge on any atom is -0.309 e. The molecule has 0 bridgehead atoms. The fourth-order valence-corrected chi connectivity index (χ4v) is 2.18. The number of aromatic nitrogens is 2. The molecule has 0 fully saturated rings. The van der Waals surface area contributed by atoms with Crippen molar-refractivity contribution < 1.29 is 13.2 Å². The fourth-order valence-electron chi connectivity index (χ4n) is 2.18. The number of nitrogens with one attached hydrogen (secondary N) is 2. The van der Waals surface area contributed by atoms with Crippen LogP contribution in [0.1, 0.15) is 16.8 Å². The summed E-state index contributed by atoms with van der Waals surface area (Å²) in [5.74, 6) is 0. The molecule has 2 aromatic rings. The molecule has 0 saturated carbocycles. The summed E-state index contributed by atoms with van der Waals surface area (Å²) in [5.41, 5.74) is 2.02. The Morgan fingerprint density at radius 1 is 1.11 bits per heavy atom. The average molecular weight is 253 g/mol. The zero-order valence-electron chi connectivity index (χ0n) is 9.30. The number of benzene rings is 1. The molecule has 0 radical (unpaired) electrons. The van der Waals surface area contributed by atoms with Crippen molar-refractivity contribution in [2.24, 2.45) is 0 Å². The van der Waals surface area contributed by atoms with Crippen LogP contribution in [0.5, 0.6) is 0 Å². The number of nitrogens with zero attached hydrogens (tertiary/aromatic N) is 1. The molecule has 0 saturated heterocycles. The normalized spacial score (nSPS) is 14.8. The zero-order chi connectivity index (χ0) is 12.8. The van der Waals surface area contributed by atoms with E-state index in [9.17, 15) is 13.2 Å². The SMILES string of the molecule is FC(F)(F)c1[nH]ncc1-c1ccc2c(c1)CNC2. The number of aromatic amines is 1. The van der Waals surface area contributed by atoms with Crippen molar-refractivity contribution in [2.75, 3.05) is 0 Å². The molecule has 18 heavy (non-hydrogen) atoms. The van der Waals surface area contributed by atoms with E-state index in [2.05, 4.69) is 10.4 Å². The van der Waals surface area contributed by atoms with Gasteiger partial charge in [-0.3, -0.25) is 5.10 Å². The Bertz CT molecular complexity index is 586. The van der Waals surface area contributed by atoms with Gasteiger partial charge in [0.2, 0.25) is 0 Å². The summed E-state index contributed by atoms with van der Waals surface area (Å²) in [6.45, 7) is 1.47. The molecular formula is C12H10F3N3. The van der Waals surface area contributed by atoms with E-state index in [1.54, 1.807) is 12.1 Å². The maximum absolute atomic E-state index is 12.8. The van der Waals surface area contributed by atoms with Gasteiger partial charge in [-0.15, -0.1) is 0 Å². The van der Waals surface area contributed by atoms with Crippen molar-refractivity contribution in [3.8, 4) is 11.1 Å².